The maximum absolute atomic E-state index is 12.5. The third-order valence-electron chi connectivity index (χ3n) is 4.56. The van der Waals surface area contributed by atoms with Gasteiger partial charge in [-0.25, -0.2) is 9.97 Å². The minimum absolute atomic E-state index is 0.221. The van der Waals surface area contributed by atoms with E-state index in [0.29, 0.717) is 33.1 Å². The quantitative estimate of drug-likeness (QED) is 0.342. The normalized spacial score (nSPS) is 10.5. The van der Waals surface area contributed by atoms with Crippen molar-refractivity contribution in [2.45, 2.75) is 6.92 Å². The lowest BCUT2D eigenvalue weighted by Crippen LogP contribution is -2.21. The molecule has 4 rings (SSSR count). The second-order valence-corrected chi connectivity index (χ2v) is 7.94. The summed E-state index contributed by atoms with van der Waals surface area (Å²) in [6.45, 7) is 1.73. The Balaban J connectivity index is 1.48. The Bertz CT molecular complexity index is 1290. The molecule has 0 aliphatic carbocycles. The van der Waals surface area contributed by atoms with Crippen LogP contribution in [0.4, 0.5) is 17.3 Å². The number of anilines is 3. The summed E-state index contributed by atoms with van der Waals surface area (Å²) >= 11 is 12.0. The molecule has 0 aliphatic rings. The van der Waals surface area contributed by atoms with Crippen molar-refractivity contribution in [1.29, 1.82) is 0 Å². The fourth-order valence-electron chi connectivity index (χ4n) is 3.01. The van der Waals surface area contributed by atoms with Crippen molar-refractivity contribution in [1.82, 2.24) is 15.0 Å². The zero-order valence-electron chi connectivity index (χ0n) is 17.5. The van der Waals surface area contributed by atoms with Gasteiger partial charge in [0.1, 0.15) is 5.75 Å². The lowest BCUT2D eigenvalue weighted by molar-refractivity contribution is -0.118. The predicted octanol–water partition coefficient (Wildman–Crippen LogP) is 5.91. The summed E-state index contributed by atoms with van der Waals surface area (Å²) in [4.78, 5) is 25.5. The number of carbonyl (C=O) groups excluding carboxylic acids is 1. The number of ether oxygens (including phenoxy) is 1. The van der Waals surface area contributed by atoms with Crippen molar-refractivity contribution in [3.8, 4) is 17.0 Å². The molecular weight excluding hydrogens is 461 g/mol. The van der Waals surface area contributed by atoms with Gasteiger partial charge in [0, 0.05) is 29.2 Å². The number of aromatic nitrogens is 3. The van der Waals surface area contributed by atoms with Gasteiger partial charge in [0.15, 0.2) is 6.61 Å². The van der Waals surface area contributed by atoms with E-state index in [9.17, 15) is 4.79 Å². The summed E-state index contributed by atoms with van der Waals surface area (Å²) in [5.41, 5.74) is 3.82. The van der Waals surface area contributed by atoms with E-state index >= 15 is 0 Å². The van der Waals surface area contributed by atoms with Crippen LogP contribution in [0, 0.1) is 6.92 Å². The van der Waals surface area contributed by atoms with Gasteiger partial charge in [-0.15, -0.1) is 0 Å². The summed E-state index contributed by atoms with van der Waals surface area (Å²) in [5, 5.41) is 6.85. The number of benzene rings is 2. The lowest BCUT2D eigenvalue weighted by atomic mass is 10.2. The van der Waals surface area contributed by atoms with Crippen LogP contribution in [0.1, 0.15) is 5.56 Å². The Morgan fingerprint density at radius 3 is 2.70 bits per heavy atom. The van der Waals surface area contributed by atoms with Crippen LogP contribution in [0.2, 0.25) is 10.0 Å². The Labute approximate surface area is 200 Å². The maximum atomic E-state index is 12.5. The first-order valence-corrected chi connectivity index (χ1v) is 10.7. The van der Waals surface area contributed by atoms with Crippen molar-refractivity contribution < 1.29 is 9.53 Å². The van der Waals surface area contributed by atoms with Crippen molar-refractivity contribution in [3.05, 3.63) is 88.8 Å². The molecule has 2 aromatic carbocycles. The average molecular weight is 480 g/mol. The number of nitrogens with zero attached hydrogens (tertiary/aromatic N) is 3. The molecule has 0 fully saturated rings. The number of nitrogens with one attached hydrogen (secondary N) is 2. The molecule has 2 N–H and O–H groups in total. The van der Waals surface area contributed by atoms with E-state index in [-0.39, 0.29) is 12.5 Å². The van der Waals surface area contributed by atoms with Crippen LogP contribution in [0.25, 0.3) is 11.3 Å². The van der Waals surface area contributed by atoms with Crippen LogP contribution in [-0.2, 0) is 4.79 Å². The second kappa shape index (κ2) is 10.3. The van der Waals surface area contributed by atoms with Gasteiger partial charge in [0.25, 0.3) is 5.91 Å². The molecular formula is C24H19Cl2N5O2. The van der Waals surface area contributed by atoms with Crippen LogP contribution < -0.4 is 15.4 Å². The van der Waals surface area contributed by atoms with Gasteiger partial charge in [-0.2, -0.15) is 0 Å². The van der Waals surface area contributed by atoms with E-state index in [1.165, 1.54) is 0 Å². The molecule has 2 heterocycles. The van der Waals surface area contributed by atoms with E-state index in [2.05, 4.69) is 25.6 Å². The number of amides is 1. The predicted molar refractivity (Wildman–Crippen MR) is 130 cm³/mol. The molecule has 0 spiro atoms. The third kappa shape index (κ3) is 5.97. The molecule has 33 heavy (non-hydrogen) atoms. The molecule has 2 aromatic heterocycles. The number of pyridine rings is 1. The summed E-state index contributed by atoms with van der Waals surface area (Å²) in [7, 11) is 0. The molecule has 0 aliphatic heterocycles. The fraction of sp³-hybridized carbons (Fsp3) is 0.0833. The van der Waals surface area contributed by atoms with Gasteiger partial charge in [-0.1, -0.05) is 29.3 Å². The minimum atomic E-state index is -0.349. The highest BCUT2D eigenvalue weighted by atomic mass is 35.5. The Kier molecular flexibility index (Phi) is 7.02. The highest BCUT2D eigenvalue weighted by molar-refractivity contribution is 6.35. The minimum Gasteiger partial charge on any atom is -0.482 e. The van der Waals surface area contributed by atoms with Crippen LogP contribution >= 0.6 is 23.2 Å². The van der Waals surface area contributed by atoms with E-state index < -0.39 is 0 Å². The van der Waals surface area contributed by atoms with Gasteiger partial charge in [-0.05, 0) is 61.0 Å². The molecule has 0 radical (unpaired) electrons. The molecule has 4 aromatic rings. The average Bonchev–Trinajstić information content (AvgIpc) is 2.81. The van der Waals surface area contributed by atoms with Crippen LogP contribution in [0.15, 0.2) is 73.2 Å². The molecule has 0 unspecified atom stereocenters. The topological polar surface area (TPSA) is 89.0 Å². The molecule has 0 bridgehead atoms. The molecule has 0 atom stereocenters. The van der Waals surface area contributed by atoms with Crippen LogP contribution in [-0.4, -0.2) is 27.5 Å². The molecule has 1 amide bonds. The highest BCUT2D eigenvalue weighted by Gasteiger charge is 2.12. The zero-order valence-corrected chi connectivity index (χ0v) is 19.1. The number of halogens is 2. The van der Waals surface area contributed by atoms with Crippen molar-refractivity contribution >= 4 is 46.4 Å². The van der Waals surface area contributed by atoms with Crippen LogP contribution in [0.3, 0.4) is 0 Å². The van der Waals surface area contributed by atoms with Crippen molar-refractivity contribution in [2.75, 3.05) is 17.2 Å². The van der Waals surface area contributed by atoms with E-state index in [4.69, 9.17) is 27.9 Å². The van der Waals surface area contributed by atoms with Gasteiger partial charge in [0.05, 0.1) is 22.1 Å². The van der Waals surface area contributed by atoms with Gasteiger partial charge in [-0.3, -0.25) is 9.78 Å². The summed E-state index contributed by atoms with van der Waals surface area (Å²) < 4.78 is 5.52. The number of carbonyl (C=O) groups is 1. The lowest BCUT2D eigenvalue weighted by Gasteiger charge is -2.14. The van der Waals surface area contributed by atoms with E-state index in [1.54, 1.807) is 48.9 Å². The zero-order chi connectivity index (χ0) is 23.2. The molecule has 7 nitrogen and oxygen atoms in total. The monoisotopic (exact) mass is 479 g/mol. The summed E-state index contributed by atoms with van der Waals surface area (Å²) in [5.74, 6) is 0.415. The first-order valence-electron chi connectivity index (χ1n) is 9.97. The molecule has 9 heteroatoms. The number of aryl methyl sites for hydroxylation is 1. The van der Waals surface area contributed by atoms with Gasteiger partial charge < -0.3 is 15.4 Å². The first-order chi connectivity index (χ1) is 16.0. The van der Waals surface area contributed by atoms with Crippen molar-refractivity contribution in [3.63, 3.8) is 0 Å². The smallest absolute Gasteiger partial charge is 0.262 e. The standard InChI is InChI=1S/C24H19Cl2N5O2/c1-15-4-6-20(29-23(32)14-33-22-7-5-17(25)12-18(22)26)21(11-15)31-24-28-10-8-19(30-24)16-3-2-9-27-13-16/h2-13H,14H2,1H3,(H,29,32)(H,28,30,31). The molecule has 0 saturated carbocycles. The third-order valence-corrected chi connectivity index (χ3v) is 5.09. The Morgan fingerprint density at radius 2 is 1.91 bits per heavy atom. The summed E-state index contributed by atoms with van der Waals surface area (Å²) in [6, 6.07) is 16.0. The van der Waals surface area contributed by atoms with Gasteiger partial charge in [0.2, 0.25) is 5.95 Å². The fourth-order valence-corrected chi connectivity index (χ4v) is 3.47. The Morgan fingerprint density at radius 1 is 1.03 bits per heavy atom. The number of hydrogen-bond donors (Lipinski definition) is 2. The van der Waals surface area contributed by atoms with Crippen molar-refractivity contribution in [2.24, 2.45) is 0 Å². The SMILES string of the molecule is Cc1ccc(NC(=O)COc2ccc(Cl)cc2Cl)c(Nc2nccc(-c3cccnc3)n2)c1. The number of rotatable bonds is 7. The maximum Gasteiger partial charge on any atom is 0.262 e. The summed E-state index contributed by atoms with van der Waals surface area (Å²) in [6.07, 6.45) is 5.10. The Hall–Kier alpha value is -3.68. The van der Waals surface area contributed by atoms with Gasteiger partial charge >= 0.3 is 0 Å². The number of hydrogen-bond acceptors (Lipinski definition) is 6. The van der Waals surface area contributed by atoms with E-state index in [1.807, 2.05) is 31.2 Å². The largest absolute Gasteiger partial charge is 0.482 e. The first kappa shape index (κ1) is 22.5. The molecule has 166 valence electrons. The molecule has 0 saturated heterocycles. The second-order valence-electron chi connectivity index (χ2n) is 7.09. The highest BCUT2D eigenvalue weighted by Crippen LogP contribution is 2.28. The van der Waals surface area contributed by atoms with Crippen LogP contribution in [0.5, 0.6) is 5.75 Å². The van der Waals surface area contributed by atoms with E-state index in [0.717, 1.165) is 16.8 Å².